The van der Waals surface area contributed by atoms with Gasteiger partial charge in [-0.05, 0) is 39.5 Å². The van der Waals surface area contributed by atoms with Crippen molar-refractivity contribution in [1.29, 1.82) is 0 Å². The molecule has 0 aliphatic carbocycles. The number of aromatic nitrogens is 4. The van der Waals surface area contributed by atoms with Crippen molar-refractivity contribution in [2.24, 2.45) is 5.92 Å². The Morgan fingerprint density at radius 1 is 1.24 bits per heavy atom. The zero-order valence-corrected chi connectivity index (χ0v) is 19.8. The van der Waals surface area contributed by atoms with Crippen LogP contribution in [0.25, 0.3) is 0 Å². The van der Waals surface area contributed by atoms with E-state index in [9.17, 15) is 19.2 Å². The Labute approximate surface area is 192 Å². The quantitative estimate of drug-likeness (QED) is 0.389. The molecule has 3 atom stereocenters. The van der Waals surface area contributed by atoms with Gasteiger partial charge in [-0.1, -0.05) is 25.5 Å². The number of hydrogen-bond donors (Lipinski definition) is 4. The normalized spacial score (nSPS) is 17.7. The number of nitrogens with zero attached hydrogens (tertiary/aromatic N) is 4. The van der Waals surface area contributed by atoms with Crippen LogP contribution in [0.15, 0.2) is 0 Å². The second-order valence-corrected chi connectivity index (χ2v) is 9.02. The fourth-order valence-corrected chi connectivity index (χ4v) is 3.39. The average Bonchev–Trinajstić information content (AvgIpc) is 3.44. The number of hydrogen-bond acceptors (Lipinski definition) is 8. The second kappa shape index (κ2) is 11.6. The summed E-state index contributed by atoms with van der Waals surface area (Å²) in [5.41, 5.74) is -0.703. The summed E-state index contributed by atoms with van der Waals surface area (Å²) in [6.45, 7) is 9.15. The minimum Gasteiger partial charge on any atom is -0.444 e. The van der Waals surface area contributed by atoms with Crippen molar-refractivity contribution in [2.75, 3.05) is 13.1 Å². The molecular weight excluding hydrogens is 432 g/mol. The van der Waals surface area contributed by atoms with Crippen molar-refractivity contribution in [3.8, 4) is 0 Å². The molecule has 13 heteroatoms. The van der Waals surface area contributed by atoms with Crippen LogP contribution in [-0.2, 0) is 25.7 Å². The number of ether oxygens (including phenoxy) is 1. The lowest BCUT2D eigenvalue weighted by Crippen LogP contribution is -2.54. The minimum atomic E-state index is -0.856. The Morgan fingerprint density at radius 3 is 2.58 bits per heavy atom. The van der Waals surface area contributed by atoms with Crippen molar-refractivity contribution in [3.63, 3.8) is 0 Å². The maximum Gasteiger partial charge on any atom is 0.408 e. The third kappa shape index (κ3) is 7.99. The Hall–Kier alpha value is -3.25. The molecule has 1 aliphatic rings. The number of amides is 4. The van der Waals surface area contributed by atoms with Crippen LogP contribution in [0.4, 0.5) is 4.79 Å². The van der Waals surface area contributed by atoms with E-state index < -0.39 is 29.7 Å². The molecule has 13 nitrogen and oxygen atoms in total. The van der Waals surface area contributed by atoms with E-state index in [1.807, 2.05) is 13.8 Å². The maximum atomic E-state index is 12.8. The van der Waals surface area contributed by atoms with Crippen molar-refractivity contribution >= 4 is 23.8 Å². The third-order valence-corrected chi connectivity index (χ3v) is 5.27. The molecule has 0 aromatic carbocycles. The van der Waals surface area contributed by atoms with E-state index in [1.165, 1.54) is 4.90 Å². The van der Waals surface area contributed by atoms with E-state index in [0.717, 1.165) is 0 Å². The molecule has 1 fully saturated rings. The molecule has 2 rings (SSSR count). The van der Waals surface area contributed by atoms with Crippen molar-refractivity contribution in [3.05, 3.63) is 5.82 Å². The molecule has 1 aromatic heterocycles. The molecule has 0 saturated carbocycles. The monoisotopic (exact) mass is 466 g/mol. The van der Waals surface area contributed by atoms with Gasteiger partial charge in [-0.3, -0.25) is 14.4 Å². The van der Waals surface area contributed by atoms with Crippen molar-refractivity contribution in [2.45, 2.75) is 78.1 Å². The van der Waals surface area contributed by atoms with Crippen LogP contribution >= 0.6 is 0 Å². The number of carbonyl (C=O) groups excluding carboxylic acids is 4. The van der Waals surface area contributed by atoms with Crippen LogP contribution in [0.2, 0.25) is 0 Å². The molecule has 0 spiro atoms. The molecule has 2 heterocycles. The van der Waals surface area contributed by atoms with Gasteiger partial charge in [-0.2, -0.15) is 5.21 Å². The second-order valence-electron chi connectivity index (χ2n) is 9.02. The first kappa shape index (κ1) is 26.0. The number of nitrogens with one attached hydrogen (secondary N) is 4. The van der Waals surface area contributed by atoms with Crippen molar-refractivity contribution in [1.82, 2.24) is 41.5 Å². The van der Waals surface area contributed by atoms with Gasteiger partial charge in [-0.25, -0.2) is 4.79 Å². The lowest BCUT2D eigenvalue weighted by Gasteiger charge is -2.27. The molecular formula is C20H34N8O5. The van der Waals surface area contributed by atoms with Gasteiger partial charge in [0.05, 0.1) is 13.1 Å². The minimum absolute atomic E-state index is 0.0948. The molecule has 0 bridgehead atoms. The highest BCUT2D eigenvalue weighted by atomic mass is 16.6. The summed E-state index contributed by atoms with van der Waals surface area (Å²) < 4.78 is 5.25. The first-order valence-corrected chi connectivity index (χ1v) is 11.1. The summed E-state index contributed by atoms with van der Waals surface area (Å²) in [7, 11) is 0. The number of tetrazole rings is 1. The Bertz CT molecular complexity index is 823. The highest BCUT2D eigenvalue weighted by molar-refractivity contribution is 5.92. The van der Waals surface area contributed by atoms with Crippen LogP contribution in [0.5, 0.6) is 0 Å². The fraction of sp³-hybridized carbons (Fsp3) is 0.750. The summed E-state index contributed by atoms with van der Waals surface area (Å²) >= 11 is 0. The topological polar surface area (TPSA) is 171 Å². The summed E-state index contributed by atoms with van der Waals surface area (Å²) in [5, 5.41) is 21.1. The van der Waals surface area contributed by atoms with Gasteiger partial charge in [0.1, 0.15) is 17.7 Å². The predicted molar refractivity (Wildman–Crippen MR) is 116 cm³/mol. The van der Waals surface area contributed by atoms with Gasteiger partial charge >= 0.3 is 6.09 Å². The zero-order chi connectivity index (χ0) is 24.6. The maximum absolute atomic E-state index is 12.8. The van der Waals surface area contributed by atoms with Gasteiger partial charge in [0.25, 0.3) is 0 Å². The smallest absolute Gasteiger partial charge is 0.408 e. The predicted octanol–water partition coefficient (Wildman–Crippen LogP) is -0.137. The molecule has 4 N–H and O–H groups in total. The summed E-state index contributed by atoms with van der Waals surface area (Å²) in [5.74, 6) is -1.02. The van der Waals surface area contributed by atoms with E-state index in [1.54, 1.807) is 20.8 Å². The number of carbonyl (C=O) groups is 4. The SMILES string of the molecule is CCC(C)C(NC(=O)OC(C)(C)C)C(=O)NCC(=O)N1CCCC1C(=O)NCc1nn[nH]n1. The number of aromatic amines is 1. The molecule has 4 amide bonds. The highest BCUT2D eigenvalue weighted by Gasteiger charge is 2.35. The van der Waals surface area contributed by atoms with E-state index >= 15 is 0 Å². The lowest BCUT2D eigenvalue weighted by molar-refractivity contribution is -0.139. The summed E-state index contributed by atoms with van der Waals surface area (Å²) in [6, 6.07) is -1.49. The Balaban J connectivity index is 1.90. The summed E-state index contributed by atoms with van der Waals surface area (Å²) in [4.78, 5) is 51.6. The largest absolute Gasteiger partial charge is 0.444 e. The van der Waals surface area contributed by atoms with E-state index in [-0.39, 0.29) is 30.8 Å². The van der Waals surface area contributed by atoms with Crippen LogP contribution in [0, 0.1) is 5.92 Å². The van der Waals surface area contributed by atoms with Crippen LogP contribution in [0.3, 0.4) is 0 Å². The molecule has 1 saturated heterocycles. The lowest BCUT2D eigenvalue weighted by atomic mass is 9.98. The van der Waals surface area contributed by atoms with Gasteiger partial charge < -0.3 is 25.6 Å². The van der Waals surface area contributed by atoms with Gasteiger partial charge in [-0.15, -0.1) is 10.2 Å². The first-order chi connectivity index (χ1) is 15.5. The number of alkyl carbamates (subject to hydrolysis) is 1. The molecule has 184 valence electrons. The zero-order valence-electron chi connectivity index (χ0n) is 19.8. The van der Waals surface area contributed by atoms with Gasteiger partial charge in [0.2, 0.25) is 17.7 Å². The number of likely N-dealkylation sites (tertiary alicyclic amines) is 1. The molecule has 1 aromatic rings. The van der Waals surface area contributed by atoms with E-state index in [2.05, 4.69) is 36.6 Å². The van der Waals surface area contributed by atoms with E-state index in [0.29, 0.717) is 31.6 Å². The van der Waals surface area contributed by atoms with Gasteiger partial charge in [0, 0.05) is 6.54 Å². The Kier molecular flexibility index (Phi) is 9.12. The third-order valence-electron chi connectivity index (χ3n) is 5.27. The fourth-order valence-electron chi connectivity index (χ4n) is 3.39. The number of rotatable bonds is 9. The molecule has 1 aliphatic heterocycles. The highest BCUT2D eigenvalue weighted by Crippen LogP contribution is 2.18. The Morgan fingerprint density at radius 2 is 1.97 bits per heavy atom. The average molecular weight is 467 g/mol. The van der Waals surface area contributed by atoms with Crippen LogP contribution in [-0.4, -0.2) is 80.1 Å². The standard InChI is InChI=1S/C20H34N8O5/c1-6-12(2)16(23-19(32)33-20(3,4)5)18(31)22-11-15(29)28-9-7-8-13(28)17(30)21-10-14-24-26-27-25-14/h12-13,16H,6-11H2,1-5H3,(H,21,30)(H,22,31)(H,23,32)(H,24,25,26,27). The van der Waals surface area contributed by atoms with E-state index in [4.69, 9.17) is 4.74 Å². The number of H-pyrrole nitrogens is 1. The first-order valence-electron chi connectivity index (χ1n) is 11.1. The van der Waals surface area contributed by atoms with Crippen molar-refractivity contribution < 1.29 is 23.9 Å². The van der Waals surface area contributed by atoms with Gasteiger partial charge in [0.15, 0.2) is 5.82 Å². The molecule has 0 radical (unpaired) electrons. The van der Waals surface area contributed by atoms with Crippen LogP contribution < -0.4 is 16.0 Å². The van der Waals surface area contributed by atoms with Crippen LogP contribution in [0.1, 0.15) is 59.7 Å². The molecule has 33 heavy (non-hydrogen) atoms. The molecule has 3 unspecified atom stereocenters. The summed E-state index contributed by atoms with van der Waals surface area (Å²) in [6.07, 6.45) is 1.13.